The van der Waals surface area contributed by atoms with Crippen LogP contribution in [0.25, 0.3) is 0 Å². The lowest BCUT2D eigenvalue weighted by atomic mass is 9.66. The van der Waals surface area contributed by atoms with Gasteiger partial charge in [-0.25, -0.2) is 4.79 Å². The number of phenols is 1. The number of phenolic OH excluding ortho intramolecular Hbond substituents is 1. The largest absolute Gasteiger partial charge is 0.508 e. The summed E-state index contributed by atoms with van der Waals surface area (Å²) in [6, 6.07) is 31.2. The van der Waals surface area contributed by atoms with Gasteiger partial charge in [-0.05, 0) is 111 Å². The maximum Gasteiger partial charge on any atom is 0.349 e. The number of carbonyl (C=O) groups excluding carboxylic acids is 3. The molecule has 0 amide bonds. The normalized spacial score (nSPS) is 26.1. The summed E-state index contributed by atoms with van der Waals surface area (Å²) in [5.41, 5.74) is 1.11. The van der Waals surface area contributed by atoms with Crippen LogP contribution in [0.4, 0.5) is 0 Å². The van der Waals surface area contributed by atoms with E-state index in [2.05, 4.69) is 13.8 Å². The predicted octanol–water partition coefficient (Wildman–Crippen LogP) is 9.70. The number of hydrogen-bond acceptors (Lipinski definition) is 8. The van der Waals surface area contributed by atoms with Crippen LogP contribution >= 0.6 is 0 Å². The predicted molar refractivity (Wildman–Crippen MR) is 204 cm³/mol. The summed E-state index contributed by atoms with van der Waals surface area (Å²) in [6.07, 6.45) is 2.70. The van der Waals surface area contributed by atoms with Crippen LogP contribution in [0.1, 0.15) is 100 Å². The molecule has 2 aliphatic carbocycles. The Bertz CT molecular complexity index is 2010. The lowest BCUT2D eigenvalue weighted by Gasteiger charge is -2.40. The fourth-order valence-corrected chi connectivity index (χ4v) is 9.42. The molecule has 8 unspecified atom stereocenters. The molecule has 3 aliphatic rings. The number of hydrogen-bond donors (Lipinski definition) is 1. The molecule has 8 atom stereocenters. The van der Waals surface area contributed by atoms with Crippen molar-refractivity contribution >= 4 is 17.9 Å². The molecule has 7 rings (SSSR count). The third kappa shape index (κ3) is 7.10. The van der Waals surface area contributed by atoms with Crippen molar-refractivity contribution in [1.82, 2.24) is 0 Å². The number of cyclic esters (lactones) is 1. The highest BCUT2D eigenvalue weighted by Gasteiger charge is 2.56. The first-order chi connectivity index (χ1) is 25.7. The summed E-state index contributed by atoms with van der Waals surface area (Å²) >= 11 is 0. The zero-order valence-corrected chi connectivity index (χ0v) is 31.9. The second kappa shape index (κ2) is 14.3. The van der Waals surface area contributed by atoms with Gasteiger partial charge in [0.05, 0.1) is 11.3 Å². The Balaban J connectivity index is 1.07. The van der Waals surface area contributed by atoms with Crippen LogP contribution in [-0.4, -0.2) is 23.0 Å². The minimum Gasteiger partial charge on any atom is -0.508 e. The van der Waals surface area contributed by atoms with E-state index in [0.717, 1.165) is 17.5 Å². The second-order valence-corrected chi connectivity index (χ2v) is 16.6. The van der Waals surface area contributed by atoms with Crippen molar-refractivity contribution in [2.75, 3.05) is 0 Å². The minimum atomic E-state index is -1.32. The van der Waals surface area contributed by atoms with E-state index in [1.54, 1.807) is 37.3 Å². The van der Waals surface area contributed by atoms with Crippen LogP contribution in [0.15, 0.2) is 103 Å². The Morgan fingerprint density at radius 1 is 0.889 bits per heavy atom. The van der Waals surface area contributed by atoms with Gasteiger partial charge in [-0.15, -0.1) is 0 Å². The third-order valence-electron chi connectivity index (χ3n) is 12.4. The molecule has 282 valence electrons. The van der Waals surface area contributed by atoms with Crippen LogP contribution in [0, 0.1) is 35.0 Å². The number of rotatable bonds is 11. The lowest BCUT2D eigenvalue weighted by molar-refractivity contribution is -0.172. The highest BCUT2D eigenvalue weighted by Crippen LogP contribution is 2.59. The Hall–Kier alpha value is -5.11. The molecular weight excluding hydrogens is 680 g/mol. The van der Waals surface area contributed by atoms with Crippen LogP contribution in [0.3, 0.4) is 0 Å². The summed E-state index contributed by atoms with van der Waals surface area (Å²) in [5, 5.41) is 9.91. The maximum atomic E-state index is 14.4. The number of fused-ring (bicyclic) bond motifs is 3. The summed E-state index contributed by atoms with van der Waals surface area (Å²) in [4.78, 5) is 41.7. The molecule has 2 fully saturated rings. The Morgan fingerprint density at radius 2 is 1.56 bits per heavy atom. The molecule has 0 aromatic heterocycles. The highest BCUT2D eigenvalue weighted by molar-refractivity contribution is 5.97. The molecule has 0 saturated heterocycles. The molecule has 4 aromatic carbocycles. The third-order valence-corrected chi connectivity index (χ3v) is 12.4. The number of benzene rings is 4. The first kappa shape index (κ1) is 37.2. The van der Waals surface area contributed by atoms with E-state index in [0.29, 0.717) is 30.6 Å². The first-order valence-corrected chi connectivity index (χ1v) is 19.1. The van der Waals surface area contributed by atoms with Crippen molar-refractivity contribution in [2.24, 2.45) is 35.0 Å². The molecule has 2 saturated carbocycles. The van der Waals surface area contributed by atoms with Gasteiger partial charge in [0.1, 0.15) is 28.4 Å². The second-order valence-electron chi connectivity index (χ2n) is 16.6. The van der Waals surface area contributed by atoms with Crippen molar-refractivity contribution in [3.63, 3.8) is 0 Å². The van der Waals surface area contributed by atoms with Crippen LogP contribution in [-0.2, 0) is 30.5 Å². The molecule has 0 spiro atoms. The van der Waals surface area contributed by atoms with E-state index in [1.807, 2.05) is 93.6 Å². The number of ether oxygens (including phenoxy) is 4. The first-order valence-electron chi connectivity index (χ1n) is 19.1. The topological polar surface area (TPSA) is 108 Å². The van der Waals surface area contributed by atoms with Gasteiger partial charge >= 0.3 is 17.9 Å². The monoisotopic (exact) mass is 730 g/mol. The van der Waals surface area contributed by atoms with Gasteiger partial charge in [0.15, 0.2) is 0 Å². The Morgan fingerprint density at radius 3 is 2.22 bits per heavy atom. The van der Waals surface area contributed by atoms with E-state index < -0.39 is 22.8 Å². The van der Waals surface area contributed by atoms with Gasteiger partial charge in [-0.2, -0.15) is 0 Å². The van der Waals surface area contributed by atoms with Crippen molar-refractivity contribution in [1.29, 1.82) is 0 Å². The van der Waals surface area contributed by atoms with Crippen LogP contribution in [0.2, 0.25) is 0 Å². The van der Waals surface area contributed by atoms with Crippen LogP contribution in [0.5, 0.6) is 17.2 Å². The summed E-state index contributed by atoms with van der Waals surface area (Å²) in [5.74, 6) is -1.55. The van der Waals surface area contributed by atoms with Gasteiger partial charge in [-0.3, -0.25) is 9.59 Å². The van der Waals surface area contributed by atoms with E-state index in [1.165, 1.54) is 0 Å². The SMILES string of the molecule is CC(CC(C)(CC1C2CC(C(=O)Oc3cccc4c3C(=O)OC(C)(c3ccccc3)O4)C(C2)C1C)C(=O)OC(C)(C)c1ccccc1)c1ccc(O)cc1. The summed E-state index contributed by atoms with van der Waals surface area (Å²) in [6.45, 7) is 11.9. The molecule has 1 N–H and O–H groups in total. The van der Waals surface area contributed by atoms with Crippen molar-refractivity contribution < 1.29 is 38.4 Å². The van der Waals surface area contributed by atoms with E-state index in [9.17, 15) is 19.5 Å². The molecular formula is C46H50O8. The fraction of sp³-hybridized carbons (Fsp3) is 0.413. The zero-order chi connectivity index (χ0) is 38.4. The molecule has 8 nitrogen and oxygen atoms in total. The maximum absolute atomic E-state index is 14.4. The number of aromatic hydroxyl groups is 1. The van der Waals surface area contributed by atoms with Gasteiger partial charge in [-0.1, -0.05) is 92.7 Å². The van der Waals surface area contributed by atoms with E-state index in [4.69, 9.17) is 18.9 Å². The molecule has 2 bridgehead atoms. The molecule has 8 heteroatoms. The van der Waals surface area contributed by atoms with Crippen molar-refractivity contribution in [3.05, 3.63) is 125 Å². The summed E-state index contributed by atoms with van der Waals surface area (Å²) < 4.78 is 24.4. The summed E-state index contributed by atoms with van der Waals surface area (Å²) in [7, 11) is 0. The lowest BCUT2D eigenvalue weighted by Crippen LogP contribution is -2.41. The van der Waals surface area contributed by atoms with Crippen molar-refractivity contribution in [3.8, 4) is 17.2 Å². The average Bonchev–Trinajstić information content (AvgIpc) is 3.71. The van der Waals surface area contributed by atoms with Crippen molar-refractivity contribution in [2.45, 2.75) is 84.5 Å². The Kier molecular flexibility index (Phi) is 9.84. The van der Waals surface area contributed by atoms with Gasteiger partial charge in [0, 0.05) is 12.5 Å². The van der Waals surface area contributed by atoms with E-state index >= 15 is 0 Å². The smallest absolute Gasteiger partial charge is 0.349 e. The van der Waals surface area contributed by atoms with Gasteiger partial charge in [0.2, 0.25) is 0 Å². The fourth-order valence-electron chi connectivity index (χ4n) is 9.42. The number of esters is 3. The molecule has 54 heavy (non-hydrogen) atoms. The standard InChI is InChI=1S/C46H50O8/c1-28(30-20-22-34(47)23-21-30)26-45(5,43(50)54-44(3,4)32-14-9-7-10-15-32)27-37-29(2)35-24-31(37)25-36(35)41(48)51-38-18-13-19-39-40(38)42(49)53-46(6,52-39)33-16-11-8-12-17-33/h7-23,28-29,31,35-37,47H,24-27H2,1-6H3. The highest BCUT2D eigenvalue weighted by atomic mass is 16.7. The Labute approximate surface area is 317 Å². The number of carbonyl (C=O) groups is 3. The van der Waals surface area contributed by atoms with E-state index in [-0.39, 0.29) is 64.5 Å². The van der Waals surface area contributed by atoms with Gasteiger partial charge in [0.25, 0.3) is 5.79 Å². The average molecular weight is 731 g/mol. The quantitative estimate of drug-likeness (QED) is 0.120. The molecule has 1 aliphatic heterocycles. The molecule has 0 radical (unpaired) electrons. The van der Waals surface area contributed by atoms with Gasteiger partial charge < -0.3 is 24.1 Å². The van der Waals surface area contributed by atoms with Crippen LogP contribution < -0.4 is 9.47 Å². The zero-order valence-electron chi connectivity index (χ0n) is 31.9. The minimum absolute atomic E-state index is 0.0256. The molecule has 4 aromatic rings. The molecule has 1 heterocycles.